The molecule has 0 bridgehead atoms. The number of hydrogen-bond donors (Lipinski definition) is 0. The van der Waals surface area contributed by atoms with Crippen molar-refractivity contribution < 1.29 is 8.78 Å². The third kappa shape index (κ3) is 2.77. The summed E-state index contributed by atoms with van der Waals surface area (Å²) in [5.74, 6) is -0.0577. The Kier molecular flexibility index (Phi) is 4.25. The highest BCUT2D eigenvalue weighted by Gasteiger charge is 2.15. The van der Waals surface area contributed by atoms with Crippen LogP contribution >= 0.6 is 23.2 Å². The minimum atomic E-state index is -2.69. The van der Waals surface area contributed by atoms with Crippen molar-refractivity contribution in [3.8, 4) is 6.07 Å². The Labute approximate surface area is 95.4 Å². The molecule has 0 spiro atoms. The molecule has 0 radical (unpaired) electrons. The smallest absolute Gasteiger partial charge is 0.249 e. The first kappa shape index (κ1) is 12.2. The van der Waals surface area contributed by atoms with Gasteiger partial charge in [0.05, 0.1) is 29.1 Å². The zero-order valence-corrected chi connectivity index (χ0v) is 8.99. The third-order valence-corrected chi connectivity index (χ3v) is 2.46. The highest BCUT2D eigenvalue weighted by molar-refractivity contribution is 6.32. The van der Waals surface area contributed by atoms with Crippen LogP contribution in [0, 0.1) is 11.3 Å². The van der Waals surface area contributed by atoms with E-state index in [1.807, 2.05) is 6.07 Å². The van der Waals surface area contributed by atoms with E-state index in [1.54, 1.807) is 0 Å². The second-order valence-electron chi connectivity index (χ2n) is 2.74. The summed E-state index contributed by atoms with van der Waals surface area (Å²) in [5, 5.41) is 8.68. The maximum atomic E-state index is 12.4. The second-order valence-corrected chi connectivity index (χ2v) is 3.38. The minimum Gasteiger partial charge on any atom is -0.249 e. The fourth-order valence-electron chi connectivity index (χ4n) is 1.08. The molecule has 6 heteroatoms. The lowest BCUT2D eigenvalue weighted by Crippen LogP contribution is -1.99. The van der Waals surface area contributed by atoms with Crippen molar-refractivity contribution in [2.75, 3.05) is 0 Å². The normalized spacial score (nSPS) is 10.4. The quantitative estimate of drug-likeness (QED) is 0.771. The Morgan fingerprint density at radius 3 is 2.67 bits per heavy atom. The molecular formula is C9H6Cl2F2N2. The Morgan fingerprint density at radius 1 is 1.53 bits per heavy atom. The van der Waals surface area contributed by atoms with Gasteiger partial charge in [-0.15, -0.1) is 11.6 Å². The molecule has 1 heterocycles. The molecule has 0 saturated carbocycles. The van der Waals surface area contributed by atoms with Crippen molar-refractivity contribution >= 4 is 23.2 Å². The lowest BCUT2D eigenvalue weighted by Gasteiger charge is -2.07. The number of pyridine rings is 1. The molecule has 0 aliphatic rings. The van der Waals surface area contributed by atoms with Crippen LogP contribution in [0.25, 0.3) is 0 Å². The number of rotatable bonds is 3. The summed E-state index contributed by atoms with van der Waals surface area (Å²) < 4.78 is 24.8. The van der Waals surface area contributed by atoms with Crippen LogP contribution in [-0.2, 0) is 12.3 Å². The number of hydrogen-bond acceptors (Lipinski definition) is 2. The predicted octanol–water partition coefficient (Wildman–Crippen LogP) is 3.48. The van der Waals surface area contributed by atoms with Gasteiger partial charge in [0, 0.05) is 0 Å². The van der Waals surface area contributed by atoms with E-state index in [-0.39, 0.29) is 23.0 Å². The summed E-state index contributed by atoms with van der Waals surface area (Å²) in [5.41, 5.74) is 0.113. The number of alkyl halides is 3. The van der Waals surface area contributed by atoms with Crippen LogP contribution < -0.4 is 0 Å². The van der Waals surface area contributed by atoms with Crippen molar-refractivity contribution in [2.24, 2.45) is 0 Å². The van der Waals surface area contributed by atoms with Gasteiger partial charge in [0.15, 0.2) is 0 Å². The van der Waals surface area contributed by atoms with E-state index in [0.29, 0.717) is 5.56 Å². The van der Waals surface area contributed by atoms with E-state index in [4.69, 9.17) is 28.5 Å². The van der Waals surface area contributed by atoms with Gasteiger partial charge in [0.1, 0.15) is 5.69 Å². The summed E-state index contributed by atoms with van der Waals surface area (Å²) in [6.07, 6.45) is -2.73. The Morgan fingerprint density at radius 2 is 2.20 bits per heavy atom. The Hall–Kier alpha value is -0.920. The molecule has 0 aliphatic heterocycles. The molecule has 0 saturated heterocycles. The molecule has 0 amide bonds. The fraction of sp³-hybridized carbons (Fsp3) is 0.333. The maximum absolute atomic E-state index is 12.4. The topological polar surface area (TPSA) is 36.7 Å². The van der Waals surface area contributed by atoms with Gasteiger partial charge in [0.2, 0.25) is 0 Å². The largest absolute Gasteiger partial charge is 0.280 e. The van der Waals surface area contributed by atoms with Gasteiger partial charge in [-0.3, -0.25) is 0 Å². The number of halogens is 4. The zero-order valence-electron chi connectivity index (χ0n) is 7.48. The number of nitriles is 1. The van der Waals surface area contributed by atoms with Gasteiger partial charge in [-0.1, -0.05) is 11.6 Å². The summed E-state index contributed by atoms with van der Waals surface area (Å²) in [6, 6.07) is 2.97. The summed E-state index contributed by atoms with van der Waals surface area (Å²) in [4.78, 5) is 3.61. The fourth-order valence-corrected chi connectivity index (χ4v) is 1.57. The Bertz CT molecular complexity index is 402. The SMILES string of the molecule is N#CCc1cc(C(F)F)nc(CCl)c1Cl. The second kappa shape index (κ2) is 5.24. The average molecular weight is 251 g/mol. The van der Waals surface area contributed by atoms with Crippen LogP contribution in [0.2, 0.25) is 5.02 Å². The van der Waals surface area contributed by atoms with Crippen molar-refractivity contribution in [2.45, 2.75) is 18.7 Å². The van der Waals surface area contributed by atoms with Crippen LogP contribution in [0.3, 0.4) is 0 Å². The van der Waals surface area contributed by atoms with Gasteiger partial charge in [0.25, 0.3) is 6.43 Å². The molecule has 15 heavy (non-hydrogen) atoms. The van der Waals surface area contributed by atoms with Crippen molar-refractivity contribution in [3.63, 3.8) is 0 Å². The number of nitrogens with zero attached hydrogens (tertiary/aromatic N) is 2. The molecular weight excluding hydrogens is 245 g/mol. The highest BCUT2D eigenvalue weighted by atomic mass is 35.5. The van der Waals surface area contributed by atoms with Crippen molar-refractivity contribution in [1.82, 2.24) is 4.98 Å². The van der Waals surface area contributed by atoms with E-state index in [1.165, 1.54) is 0 Å². The molecule has 0 aromatic carbocycles. The van der Waals surface area contributed by atoms with E-state index < -0.39 is 12.1 Å². The predicted molar refractivity (Wildman–Crippen MR) is 53.1 cm³/mol. The first-order valence-electron chi connectivity index (χ1n) is 3.99. The Balaban J connectivity index is 3.26. The van der Waals surface area contributed by atoms with Crippen LogP contribution in [-0.4, -0.2) is 4.98 Å². The van der Waals surface area contributed by atoms with E-state index in [2.05, 4.69) is 4.98 Å². The van der Waals surface area contributed by atoms with Gasteiger partial charge in [-0.2, -0.15) is 5.26 Å². The van der Waals surface area contributed by atoms with E-state index in [9.17, 15) is 8.78 Å². The first-order chi connectivity index (χ1) is 7.10. The maximum Gasteiger partial charge on any atom is 0.280 e. The van der Waals surface area contributed by atoms with E-state index >= 15 is 0 Å². The van der Waals surface area contributed by atoms with Crippen LogP contribution in [0.4, 0.5) is 8.78 Å². The monoisotopic (exact) mass is 250 g/mol. The molecule has 80 valence electrons. The van der Waals surface area contributed by atoms with Gasteiger partial charge in [-0.25, -0.2) is 13.8 Å². The molecule has 2 nitrogen and oxygen atoms in total. The standard InChI is InChI=1S/C9H6Cl2F2N2/c10-4-7-8(11)5(1-2-14)3-6(15-7)9(12)13/h3,9H,1,4H2. The average Bonchev–Trinajstić information content (AvgIpc) is 2.21. The molecule has 0 fully saturated rings. The van der Waals surface area contributed by atoms with Crippen LogP contribution in [0.1, 0.15) is 23.4 Å². The lowest BCUT2D eigenvalue weighted by molar-refractivity contribution is 0.146. The summed E-state index contributed by atoms with van der Waals surface area (Å²) >= 11 is 11.3. The molecule has 1 aromatic heterocycles. The van der Waals surface area contributed by atoms with Crippen molar-refractivity contribution in [1.29, 1.82) is 5.26 Å². The summed E-state index contributed by atoms with van der Waals surface area (Å²) in [6.45, 7) is 0. The molecule has 1 aromatic rings. The molecule has 0 N–H and O–H groups in total. The minimum absolute atomic E-state index is 0.0367. The van der Waals surface area contributed by atoms with Crippen LogP contribution in [0.5, 0.6) is 0 Å². The zero-order chi connectivity index (χ0) is 11.4. The van der Waals surface area contributed by atoms with Crippen molar-refractivity contribution in [3.05, 3.63) is 28.0 Å². The van der Waals surface area contributed by atoms with E-state index in [0.717, 1.165) is 6.07 Å². The van der Waals surface area contributed by atoms with Crippen LogP contribution in [0.15, 0.2) is 6.07 Å². The molecule has 0 unspecified atom stereocenters. The number of aromatic nitrogens is 1. The molecule has 0 aliphatic carbocycles. The van der Waals surface area contributed by atoms with Gasteiger partial charge in [-0.05, 0) is 11.6 Å². The third-order valence-electron chi connectivity index (χ3n) is 1.74. The van der Waals surface area contributed by atoms with Gasteiger partial charge < -0.3 is 0 Å². The lowest BCUT2D eigenvalue weighted by atomic mass is 10.1. The molecule has 1 rings (SSSR count). The summed E-state index contributed by atoms with van der Waals surface area (Å²) in [7, 11) is 0. The highest BCUT2D eigenvalue weighted by Crippen LogP contribution is 2.26. The first-order valence-corrected chi connectivity index (χ1v) is 4.90. The van der Waals surface area contributed by atoms with Gasteiger partial charge >= 0.3 is 0 Å². The molecule has 0 atom stereocenters.